The first kappa shape index (κ1) is 12.2. The highest BCUT2D eigenvalue weighted by Gasteiger charge is 2.24. The van der Waals surface area contributed by atoms with Crippen molar-refractivity contribution >= 4 is 38.9 Å². The minimum absolute atomic E-state index is 0.101. The molecule has 0 fully saturated rings. The minimum Gasteiger partial charge on any atom is -0.383 e. The van der Waals surface area contributed by atoms with Crippen LogP contribution in [0.2, 0.25) is 0 Å². The molecule has 3 nitrogen and oxygen atoms in total. The molecule has 0 aromatic heterocycles. The van der Waals surface area contributed by atoms with E-state index in [-0.39, 0.29) is 5.91 Å². The molecule has 0 aliphatic carbocycles. The van der Waals surface area contributed by atoms with Crippen molar-refractivity contribution in [3.05, 3.63) is 53.0 Å². The van der Waals surface area contributed by atoms with Gasteiger partial charge in [-0.1, -0.05) is 24.3 Å². The minimum atomic E-state index is 0.101. The van der Waals surface area contributed by atoms with Gasteiger partial charge in [0.2, 0.25) is 5.91 Å². The molecule has 1 N–H and O–H groups in total. The Bertz CT molecular complexity index is 627. The molecule has 0 spiro atoms. The van der Waals surface area contributed by atoms with Gasteiger partial charge in [0, 0.05) is 17.4 Å². The Labute approximate surface area is 120 Å². The number of para-hydroxylation sites is 3. The number of anilines is 3. The van der Waals surface area contributed by atoms with Crippen molar-refractivity contribution < 1.29 is 4.79 Å². The predicted molar refractivity (Wildman–Crippen MR) is 80.8 cm³/mol. The Hall–Kier alpha value is -1.81. The molecule has 0 atom stereocenters. The van der Waals surface area contributed by atoms with Crippen LogP contribution >= 0.6 is 15.9 Å². The quantitative estimate of drug-likeness (QED) is 0.864. The predicted octanol–water partition coefficient (Wildman–Crippen LogP) is 3.93. The molecule has 2 aromatic carbocycles. The van der Waals surface area contributed by atoms with Gasteiger partial charge in [0.15, 0.2) is 0 Å². The van der Waals surface area contributed by atoms with Gasteiger partial charge in [-0.15, -0.1) is 0 Å². The van der Waals surface area contributed by atoms with E-state index in [1.807, 2.05) is 48.5 Å². The summed E-state index contributed by atoms with van der Waals surface area (Å²) in [7, 11) is 0. The Morgan fingerprint density at radius 1 is 1.00 bits per heavy atom. The number of hydrogen-bond donors (Lipinski definition) is 1. The number of carbonyl (C=O) groups excluding carboxylic acids is 1. The maximum Gasteiger partial charge on any atom is 0.233 e. The first-order valence-electron chi connectivity index (χ1n) is 6.18. The number of nitrogens with one attached hydrogen (secondary N) is 1. The smallest absolute Gasteiger partial charge is 0.233 e. The van der Waals surface area contributed by atoms with Crippen LogP contribution in [0.5, 0.6) is 0 Å². The monoisotopic (exact) mass is 316 g/mol. The van der Waals surface area contributed by atoms with E-state index in [1.165, 1.54) is 0 Å². The van der Waals surface area contributed by atoms with E-state index < -0.39 is 0 Å². The van der Waals surface area contributed by atoms with Crippen molar-refractivity contribution in [2.75, 3.05) is 16.8 Å². The van der Waals surface area contributed by atoms with Crippen LogP contribution in [-0.2, 0) is 4.79 Å². The zero-order chi connectivity index (χ0) is 13.2. The second-order valence-corrected chi connectivity index (χ2v) is 5.23. The third-order valence-electron chi connectivity index (χ3n) is 3.14. The highest BCUT2D eigenvalue weighted by Crippen LogP contribution is 2.37. The molecule has 0 unspecified atom stereocenters. The van der Waals surface area contributed by atoms with Crippen molar-refractivity contribution in [3.8, 4) is 0 Å². The SMILES string of the molecule is O=C1CCNc2ccccc2N1c1ccccc1Br. The number of rotatable bonds is 1. The second kappa shape index (κ2) is 5.05. The van der Waals surface area contributed by atoms with Crippen LogP contribution in [0.4, 0.5) is 17.1 Å². The fourth-order valence-corrected chi connectivity index (χ4v) is 2.73. The Morgan fingerprint density at radius 2 is 1.68 bits per heavy atom. The van der Waals surface area contributed by atoms with Gasteiger partial charge >= 0.3 is 0 Å². The first-order valence-corrected chi connectivity index (χ1v) is 6.97. The summed E-state index contributed by atoms with van der Waals surface area (Å²) in [5.74, 6) is 0.101. The largest absolute Gasteiger partial charge is 0.383 e. The summed E-state index contributed by atoms with van der Waals surface area (Å²) in [5.41, 5.74) is 2.77. The molecule has 3 rings (SSSR count). The lowest BCUT2D eigenvalue weighted by Crippen LogP contribution is -2.25. The lowest BCUT2D eigenvalue weighted by Gasteiger charge is -2.23. The molecule has 4 heteroatoms. The number of hydrogen-bond acceptors (Lipinski definition) is 2. The van der Waals surface area contributed by atoms with Gasteiger partial charge in [-0.2, -0.15) is 0 Å². The van der Waals surface area contributed by atoms with Crippen molar-refractivity contribution in [1.82, 2.24) is 0 Å². The lowest BCUT2D eigenvalue weighted by molar-refractivity contribution is -0.117. The average Bonchev–Trinajstić information content (AvgIpc) is 2.58. The van der Waals surface area contributed by atoms with Gasteiger partial charge in [-0.25, -0.2) is 0 Å². The standard InChI is InChI=1S/C15H13BrN2O/c16-11-5-1-3-7-13(11)18-14-8-4-2-6-12(14)17-10-9-15(18)19/h1-8,17H,9-10H2. The zero-order valence-corrected chi connectivity index (χ0v) is 11.9. The van der Waals surface area contributed by atoms with Crippen molar-refractivity contribution in [1.29, 1.82) is 0 Å². The Balaban J connectivity index is 2.18. The van der Waals surface area contributed by atoms with Gasteiger partial charge in [0.05, 0.1) is 17.1 Å². The molecule has 1 amide bonds. The average molecular weight is 317 g/mol. The highest BCUT2D eigenvalue weighted by molar-refractivity contribution is 9.10. The summed E-state index contributed by atoms with van der Waals surface area (Å²) in [6.07, 6.45) is 0.482. The third-order valence-corrected chi connectivity index (χ3v) is 3.81. The maximum absolute atomic E-state index is 12.4. The van der Waals surface area contributed by atoms with E-state index >= 15 is 0 Å². The van der Waals surface area contributed by atoms with E-state index in [0.717, 1.165) is 21.5 Å². The summed E-state index contributed by atoms with van der Waals surface area (Å²) in [6, 6.07) is 15.7. The van der Waals surface area contributed by atoms with Crippen molar-refractivity contribution in [3.63, 3.8) is 0 Å². The van der Waals surface area contributed by atoms with Crippen LogP contribution < -0.4 is 10.2 Å². The van der Waals surface area contributed by atoms with Crippen LogP contribution in [0.1, 0.15) is 6.42 Å². The zero-order valence-electron chi connectivity index (χ0n) is 10.3. The molecule has 19 heavy (non-hydrogen) atoms. The Morgan fingerprint density at radius 3 is 2.47 bits per heavy atom. The topological polar surface area (TPSA) is 32.3 Å². The molecular weight excluding hydrogens is 304 g/mol. The summed E-state index contributed by atoms with van der Waals surface area (Å²) in [4.78, 5) is 14.2. The molecule has 0 saturated carbocycles. The number of carbonyl (C=O) groups is 1. The van der Waals surface area contributed by atoms with Gasteiger partial charge in [-0.3, -0.25) is 9.69 Å². The fraction of sp³-hybridized carbons (Fsp3) is 0.133. The normalized spacial score (nSPS) is 14.6. The molecule has 1 aliphatic rings. The Kier molecular flexibility index (Phi) is 3.25. The van der Waals surface area contributed by atoms with Crippen LogP contribution in [0.25, 0.3) is 0 Å². The summed E-state index contributed by atoms with van der Waals surface area (Å²) >= 11 is 3.52. The number of halogens is 1. The molecule has 1 aliphatic heterocycles. The number of nitrogens with zero attached hydrogens (tertiary/aromatic N) is 1. The number of benzene rings is 2. The van der Waals surface area contributed by atoms with E-state index in [4.69, 9.17) is 0 Å². The van der Waals surface area contributed by atoms with Crippen molar-refractivity contribution in [2.24, 2.45) is 0 Å². The highest BCUT2D eigenvalue weighted by atomic mass is 79.9. The molecule has 0 bridgehead atoms. The summed E-state index contributed by atoms with van der Waals surface area (Å²) in [5, 5.41) is 3.30. The van der Waals surface area contributed by atoms with E-state index in [0.29, 0.717) is 13.0 Å². The van der Waals surface area contributed by atoms with E-state index in [9.17, 15) is 4.79 Å². The third kappa shape index (κ3) is 2.24. The van der Waals surface area contributed by atoms with Crippen LogP contribution in [0.15, 0.2) is 53.0 Å². The van der Waals surface area contributed by atoms with Gasteiger partial charge in [0.1, 0.15) is 0 Å². The fourth-order valence-electron chi connectivity index (χ4n) is 2.27. The molecule has 0 radical (unpaired) electrons. The second-order valence-electron chi connectivity index (χ2n) is 4.37. The number of fused-ring (bicyclic) bond motifs is 1. The molecule has 96 valence electrons. The molecule has 0 saturated heterocycles. The maximum atomic E-state index is 12.4. The van der Waals surface area contributed by atoms with Crippen LogP contribution in [0, 0.1) is 0 Å². The molecular formula is C15H13BrN2O. The van der Waals surface area contributed by atoms with Crippen LogP contribution in [0.3, 0.4) is 0 Å². The van der Waals surface area contributed by atoms with Gasteiger partial charge < -0.3 is 5.32 Å². The summed E-state index contributed by atoms with van der Waals surface area (Å²) in [6.45, 7) is 0.663. The van der Waals surface area contributed by atoms with Crippen LogP contribution in [-0.4, -0.2) is 12.5 Å². The van der Waals surface area contributed by atoms with E-state index in [2.05, 4.69) is 21.2 Å². The lowest BCUT2D eigenvalue weighted by atomic mass is 10.2. The first-order chi connectivity index (χ1) is 9.27. The summed E-state index contributed by atoms with van der Waals surface area (Å²) < 4.78 is 0.917. The molecule has 2 aromatic rings. The van der Waals surface area contributed by atoms with E-state index in [1.54, 1.807) is 4.90 Å². The molecule has 1 heterocycles. The van der Waals surface area contributed by atoms with Gasteiger partial charge in [-0.05, 0) is 40.2 Å². The van der Waals surface area contributed by atoms with Crippen molar-refractivity contribution in [2.45, 2.75) is 6.42 Å². The van der Waals surface area contributed by atoms with Gasteiger partial charge in [0.25, 0.3) is 0 Å². The number of amides is 1.